The highest BCUT2D eigenvalue weighted by atomic mass is 32.2. The Morgan fingerprint density at radius 3 is 2.63 bits per heavy atom. The van der Waals surface area contributed by atoms with Gasteiger partial charge in [-0.3, -0.25) is 4.79 Å². The third kappa shape index (κ3) is 3.30. The second-order valence-corrected chi connectivity index (χ2v) is 6.55. The Hall–Kier alpha value is -1.47. The highest BCUT2D eigenvalue weighted by Gasteiger charge is 2.28. The number of amides is 1. The Morgan fingerprint density at radius 2 is 2.05 bits per heavy atom. The van der Waals surface area contributed by atoms with E-state index in [0.717, 1.165) is 23.2 Å². The molecule has 1 N–H and O–H groups in total. The van der Waals surface area contributed by atoms with Gasteiger partial charge in [0.1, 0.15) is 10.7 Å². The number of sulfonamides is 1. The molecule has 0 spiro atoms. The first kappa shape index (κ1) is 14.0. The first-order chi connectivity index (χ1) is 8.91. The van der Waals surface area contributed by atoms with Crippen molar-refractivity contribution >= 4 is 15.9 Å². The number of hydrogen-bond acceptors (Lipinski definition) is 3. The average molecular weight is 286 g/mol. The van der Waals surface area contributed by atoms with Gasteiger partial charge in [-0.1, -0.05) is 12.1 Å². The fourth-order valence-electron chi connectivity index (χ4n) is 1.61. The third-order valence-corrected chi connectivity index (χ3v) is 4.67. The summed E-state index contributed by atoms with van der Waals surface area (Å²) in [6.45, 7) is -0.312. The summed E-state index contributed by atoms with van der Waals surface area (Å²) < 4.78 is 38.5. The lowest BCUT2D eigenvalue weighted by atomic mass is 10.4. The number of rotatable bonds is 5. The molecule has 2 rings (SSSR count). The molecular weight excluding hydrogens is 271 g/mol. The highest BCUT2D eigenvalue weighted by molar-refractivity contribution is 7.89. The molecule has 5 nitrogen and oxygen atoms in total. The van der Waals surface area contributed by atoms with Crippen LogP contribution >= 0.6 is 0 Å². The predicted molar refractivity (Wildman–Crippen MR) is 67.4 cm³/mol. The summed E-state index contributed by atoms with van der Waals surface area (Å²) in [5.74, 6) is -1.19. The molecule has 1 amide bonds. The van der Waals surface area contributed by atoms with Crippen molar-refractivity contribution in [1.82, 2.24) is 9.62 Å². The van der Waals surface area contributed by atoms with Crippen LogP contribution in [-0.2, 0) is 14.8 Å². The summed E-state index contributed by atoms with van der Waals surface area (Å²) in [6.07, 6.45) is 1.85. The molecule has 1 saturated carbocycles. The van der Waals surface area contributed by atoms with Crippen molar-refractivity contribution in [2.45, 2.75) is 23.8 Å². The van der Waals surface area contributed by atoms with Crippen LogP contribution in [0.3, 0.4) is 0 Å². The molecule has 0 saturated heterocycles. The molecular formula is C12H15FN2O3S. The standard InChI is InChI=1S/C12H15FN2O3S/c1-15(8-12(16)14-9-6-7-9)19(17,18)11-5-3-2-4-10(11)13/h2-5,9H,6-8H2,1H3,(H,14,16). The minimum atomic E-state index is -3.98. The molecule has 0 unspecified atom stereocenters. The molecule has 1 fully saturated rings. The SMILES string of the molecule is CN(CC(=O)NC1CC1)S(=O)(=O)c1ccccc1F. The zero-order chi connectivity index (χ0) is 14.0. The van der Waals surface area contributed by atoms with Gasteiger partial charge < -0.3 is 5.32 Å². The normalized spacial score (nSPS) is 15.5. The first-order valence-electron chi connectivity index (χ1n) is 5.91. The van der Waals surface area contributed by atoms with Gasteiger partial charge in [-0.2, -0.15) is 4.31 Å². The molecule has 104 valence electrons. The fourth-order valence-corrected chi connectivity index (χ4v) is 2.80. The van der Waals surface area contributed by atoms with Gasteiger partial charge >= 0.3 is 0 Å². The first-order valence-corrected chi connectivity index (χ1v) is 7.35. The molecule has 7 heteroatoms. The van der Waals surface area contributed by atoms with Crippen LogP contribution in [0.25, 0.3) is 0 Å². The maximum absolute atomic E-state index is 13.5. The second kappa shape index (κ2) is 5.26. The maximum Gasteiger partial charge on any atom is 0.246 e. The molecule has 0 bridgehead atoms. The summed E-state index contributed by atoms with van der Waals surface area (Å²) in [5, 5.41) is 2.68. The van der Waals surface area contributed by atoms with Gasteiger partial charge in [0.25, 0.3) is 0 Å². The van der Waals surface area contributed by atoms with E-state index in [1.807, 2.05) is 0 Å². The summed E-state index contributed by atoms with van der Waals surface area (Å²) >= 11 is 0. The van der Waals surface area contributed by atoms with Crippen LogP contribution in [0.5, 0.6) is 0 Å². The van der Waals surface area contributed by atoms with Gasteiger partial charge in [0.2, 0.25) is 15.9 Å². The Morgan fingerprint density at radius 1 is 1.42 bits per heavy atom. The molecule has 1 aromatic carbocycles. The van der Waals surface area contributed by atoms with E-state index >= 15 is 0 Å². The lowest BCUT2D eigenvalue weighted by molar-refractivity contribution is -0.121. The van der Waals surface area contributed by atoms with E-state index in [0.29, 0.717) is 0 Å². The number of benzene rings is 1. The number of likely N-dealkylation sites (N-methyl/N-ethyl adjacent to an activating group) is 1. The number of nitrogens with one attached hydrogen (secondary N) is 1. The minimum Gasteiger partial charge on any atom is -0.352 e. The van der Waals surface area contributed by atoms with E-state index in [2.05, 4.69) is 5.32 Å². The number of nitrogens with zero attached hydrogens (tertiary/aromatic N) is 1. The number of halogens is 1. The Bertz CT molecular complexity index is 584. The van der Waals surface area contributed by atoms with Crippen LogP contribution in [0.15, 0.2) is 29.2 Å². The predicted octanol–water partition coefficient (Wildman–Crippen LogP) is 0.725. The summed E-state index contributed by atoms with van der Waals surface area (Å²) in [7, 11) is -2.72. The van der Waals surface area contributed by atoms with Crippen LogP contribution in [0.2, 0.25) is 0 Å². The van der Waals surface area contributed by atoms with Gasteiger partial charge in [-0.25, -0.2) is 12.8 Å². The highest BCUT2D eigenvalue weighted by Crippen LogP contribution is 2.19. The molecule has 0 radical (unpaired) electrons. The molecule has 1 aliphatic carbocycles. The average Bonchev–Trinajstić information content (AvgIpc) is 3.12. The smallest absolute Gasteiger partial charge is 0.246 e. The largest absolute Gasteiger partial charge is 0.352 e. The Labute approximate surface area is 111 Å². The van der Waals surface area contributed by atoms with Gasteiger partial charge in [-0.15, -0.1) is 0 Å². The minimum absolute atomic E-state index is 0.164. The van der Waals surface area contributed by atoms with Crippen LogP contribution < -0.4 is 5.32 Å². The van der Waals surface area contributed by atoms with Crippen LogP contribution in [-0.4, -0.2) is 38.3 Å². The maximum atomic E-state index is 13.5. The second-order valence-electron chi connectivity index (χ2n) is 4.53. The molecule has 1 aliphatic rings. The molecule has 1 aromatic rings. The number of carbonyl (C=O) groups is 1. The van der Waals surface area contributed by atoms with Crippen LogP contribution in [0.1, 0.15) is 12.8 Å². The number of hydrogen-bond donors (Lipinski definition) is 1. The Balaban J connectivity index is 2.10. The van der Waals surface area contributed by atoms with Crippen molar-refractivity contribution in [3.05, 3.63) is 30.1 Å². The summed E-state index contributed by atoms with van der Waals surface area (Å²) in [5.41, 5.74) is 0. The molecule has 0 heterocycles. The summed E-state index contributed by atoms with van der Waals surface area (Å²) in [4.78, 5) is 11.1. The lowest BCUT2D eigenvalue weighted by Crippen LogP contribution is -2.39. The lowest BCUT2D eigenvalue weighted by Gasteiger charge is -2.17. The van der Waals surface area contributed by atoms with Gasteiger partial charge in [-0.05, 0) is 25.0 Å². The van der Waals surface area contributed by atoms with E-state index < -0.39 is 20.7 Å². The van der Waals surface area contributed by atoms with Crippen LogP contribution in [0.4, 0.5) is 4.39 Å². The van der Waals surface area contributed by atoms with Gasteiger partial charge in [0.15, 0.2) is 0 Å². The third-order valence-electron chi connectivity index (χ3n) is 2.83. The molecule has 0 aliphatic heterocycles. The zero-order valence-electron chi connectivity index (χ0n) is 10.5. The van der Waals surface area contributed by atoms with Crippen molar-refractivity contribution in [3.8, 4) is 0 Å². The number of carbonyl (C=O) groups excluding carboxylic acids is 1. The van der Waals surface area contributed by atoms with E-state index in [1.165, 1.54) is 25.2 Å². The van der Waals surface area contributed by atoms with E-state index in [9.17, 15) is 17.6 Å². The van der Waals surface area contributed by atoms with Crippen LogP contribution in [0, 0.1) is 5.82 Å². The van der Waals surface area contributed by atoms with E-state index in [4.69, 9.17) is 0 Å². The monoisotopic (exact) mass is 286 g/mol. The van der Waals surface area contributed by atoms with Crippen molar-refractivity contribution in [2.75, 3.05) is 13.6 Å². The fraction of sp³-hybridized carbons (Fsp3) is 0.417. The van der Waals surface area contributed by atoms with E-state index in [-0.39, 0.29) is 18.5 Å². The molecule has 0 atom stereocenters. The quantitative estimate of drug-likeness (QED) is 0.867. The Kier molecular flexibility index (Phi) is 3.86. The van der Waals surface area contributed by atoms with Gasteiger partial charge in [0.05, 0.1) is 6.54 Å². The van der Waals surface area contributed by atoms with Gasteiger partial charge in [0, 0.05) is 13.1 Å². The van der Waals surface area contributed by atoms with Crippen molar-refractivity contribution in [1.29, 1.82) is 0 Å². The zero-order valence-corrected chi connectivity index (χ0v) is 11.3. The van der Waals surface area contributed by atoms with Crippen molar-refractivity contribution in [3.63, 3.8) is 0 Å². The summed E-state index contributed by atoms with van der Waals surface area (Å²) in [6, 6.07) is 5.27. The van der Waals surface area contributed by atoms with E-state index in [1.54, 1.807) is 0 Å². The van der Waals surface area contributed by atoms with Crippen molar-refractivity contribution in [2.24, 2.45) is 0 Å². The molecule has 0 aromatic heterocycles. The molecule has 19 heavy (non-hydrogen) atoms. The topological polar surface area (TPSA) is 66.5 Å². The van der Waals surface area contributed by atoms with Crippen molar-refractivity contribution < 1.29 is 17.6 Å².